The summed E-state index contributed by atoms with van der Waals surface area (Å²) < 4.78 is 5.79. The number of para-hydroxylation sites is 1. The number of halogens is 1. The molecule has 1 atom stereocenters. The summed E-state index contributed by atoms with van der Waals surface area (Å²) in [5.41, 5.74) is 4.48. The highest BCUT2D eigenvalue weighted by atomic mass is 35.5. The lowest BCUT2D eigenvalue weighted by atomic mass is 9.99. The second kappa shape index (κ2) is 7.57. The predicted molar refractivity (Wildman–Crippen MR) is 109 cm³/mol. The second-order valence-corrected chi connectivity index (χ2v) is 7.29. The molecule has 0 bridgehead atoms. The van der Waals surface area contributed by atoms with E-state index in [-0.39, 0.29) is 6.04 Å². The van der Waals surface area contributed by atoms with E-state index in [0.717, 1.165) is 46.5 Å². The molecule has 3 aromatic rings. The molecule has 0 radical (unpaired) electrons. The van der Waals surface area contributed by atoms with Crippen LogP contribution in [0.5, 0.6) is 5.75 Å². The highest BCUT2D eigenvalue weighted by Gasteiger charge is 2.23. The van der Waals surface area contributed by atoms with E-state index in [9.17, 15) is 0 Å². The van der Waals surface area contributed by atoms with Gasteiger partial charge in [0.15, 0.2) is 0 Å². The average Bonchev–Trinajstić information content (AvgIpc) is 2.66. The van der Waals surface area contributed by atoms with Crippen LogP contribution in [0.3, 0.4) is 0 Å². The van der Waals surface area contributed by atoms with Crippen molar-refractivity contribution >= 4 is 17.4 Å². The third kappa shape index (κ3) is 3.91. The van der Waals surface area contributed by atoms with E-state index < -0.39 is 0 Å². The van der Waals surface area contributed by atoms with Crippen molar-refractivity contribution in [1.29, 1.82) is 0 Å². The van der Waals surface area contributed by atoms with Crippen molar-refractivity contribution < 1.29 is 4.74 Å². The molecule has 2 aromatic carbocycles. The molecule has 5 heteroatoms. The van der Waals surface area contributed by atoms with Crippen molar-refractivity contribution in [3.8, 4) is 5.75 Å². The van der Waals surface area contributed by atoms with Crippen LogP contribution in [0.2, 0.25) is 5.02 Å². The minimum atomic E-state index is 0.174. The molecule has 0 fully saturated rings. The Bertz CT molecular complexity index is 956. The first-order chi connectivity index (χ1) is 13.1. The number of nitrogens with one attached hydrogen (secondary N) is 1. The number of aryl methyl sites for hydroxylation is 2. The van der Waals surface area contributed by atoms with Gasteiger partial charge in [-0.05, 0) is 37.6 Å². The van der Waals surface area contributed by atoms with Crippen molar-refractivity contribution in [2.75, 3.05) is 11.9 Å². The smallest absolute Gasteiger partial charge is 0.133 e. The Labute approximate surface area is 164 Å². The molecular formula is C22H22ClN3O. The summed E-state index contributed by atoms with van der Waals surface area (Å²) in [5.74, 6) is 2.62. The molecule has 1 aromatic heterocycles. The summed E-state index contributed by atoms with van der Waals surface area (Å²) in [5, 5.41) is 4.41. The minimum absolute atomic E-state index is 0.174. The van der Waals surface area contributed by atoms with Crippen LogP contribution < -0.4 is 10.1 Å². The molecule has 0 amide bonds. The second-order valence-electron chi connectivity index (χ2n) is 6.86. The zero-order chi connectivity index (χ0) is 18.8. The van der Waals surface area contributed by atoms with Crippen LogP contribution in [0.25, 0.3) is 0 Å². The fraction of sp³-hybridized carbons (Fsp3) is 0.273. The number of hydrogen-bond acceptors (Lipinski definition) is 4. The average molecular weight is 380 g/mol. The number of benzene rings is 2. The molecule has 0 aliphatic carbocycles. The van der Waals surface area contributed by atoms with Crippen molar-refractivity contribution in [3.63, 3.8) is 0 Å². The molecule has 0 saturated carbocycles. The molecule has 0 spiro atoms. The van der Waals surface area contributed by atoms with Gasteiger partial charge in [-0.15, -0.1) is 0 Å². The quantitative estimate of drug-likeness (QED) is 0.670. The Morgan fingerprint density at radius 2 is 1.85 bits per heavy atom. The van der Waals surface area contributed by atoms with E-state index in [0.29, 0.717) is 6.61 Å². The van der Waals surface area contributed by atoms with Crippen LogP contribution in [0, 0.1) is 13.8 Å². The number of rotatable bonds is 4. The minimum Gasteiger partial charge on any atom is -0.493 e. The van der Waals surface area contributed by atoms with Gasteiger partial charge in [-0.3, -0.25) is 0 Å². The summed E-state index contributed by atoms with van der Waals surface area (Å²) in [4.78, 5) is 9.31. The Morgan fingerprint density at radius 3 is 2.67 bits per heavy atom. The lowest BCUT2D eigenvalue weighted by Crippen LogP contribution is -2.22. The molecule has 1 unspecified atom stereocenters. The molecule has 4 rings (SSSR count). The lowest BCUT2D eigenvalue weighted by molar-refractivity contribution is 0.274. The maximum Gasteiger partial charge on any atom is 0.133 e. The van der Waals surface area contributed by atoms with Gasteiger partial charge < -0.3 is 10.1 Å². The summed E-state index contributed by atoms with van der Waals surface area (Å²) in [7, 11) is 0. The summed E-state index contributed by atoms with van der Waals surface area (Å²) in [6, 6.07) is 16.3. The molecule has 1 aliphatic heterocycles. The van der Waals surface area contributed by atoms with E-state index in [1.54, 1.807) is 0 Å². The first-order valence-electron chi connectivity index (χ1n) is 9.17. The van der Waals surface area contributed by atoms with Gasteiger partial charge in [0.05, 0.1) is 12.6 Å². The Hall–Kier alpha value is -2.59. The van der Waals surface area contributed by atoms with Gasteiger partial charge in [-0.2, -0.15) is 0 Å². The van der Waals surface area contributed by atoms with E-state index in [4.69, 9.17) is 21.3 Å². The molecule has 2 heterocycles. The van der Waals surface area contributed by atoms with Gasteiger partial charge in [-0.25, -0.2) is 9.97 Å². The summed E-state index contributed by atoms with van der Waals surface area (Å²) in [6.45, 7) is 4.68. The maximum absolute atomic E-state index is 6.03. The van der Waals surface area contributed by atoms with E-state index in [2.05, 4.69) is 28.5 Å². The first-order valence-corrected chi connectivity index (χ1v) is 9.55. The fourth-order valence-corrected chi connectivity index (χ4v) is 3.66. The Kier molecular flexibility index (Phi) is 4.99. The van der Waals surface area contributed by atoms with Gasteiger partial charge in [0.25, 0.3) is 0 Å². The van der Waals surface area contributed by atoms with Gasteiger partial charge >= 0.3 is 0 Å². The molecule has 1 N–H and O–H groups in total. The topological polar surface area (TPSA) is 47.0 Å². The Morgan fingerprint density at radius 1 is 1.07 bits per heavy atom. The normalized spacial score (nSPS) is 15.7. The van der Waals surface area contributed by atoms with Crippen molar-refractivity contribution in [2.45, 2.75) is 32.7 Å². The fourth-order valence-electron chi connectivity index (χ4n) is 3.53. The van der Waals surface area contributed by atoms with Crippen LogP contribution in [-0.4, -0.2) is 16.6 Å². The molecular weight excluding hydrogens is 358 g/mol. The molecule has 138 valence electrons. The highest BCUT2D eigenvalue weighted by Crippen LogP contribution is 2.35. The third-order valence-electron chi connectivity index (χ3n) is 4.89. The monoisotopic (exact) mass is 379 g/mol. The van der Waals surface area contributed by atoms with Crippen LogP contribution >= 0.6 is 11.6 Å². The number of fused-ring (bicyclic) bond motifs is 1. The Balaban J connectivity index is 1.67. The van der Waals surface area contributed by atoms with Gasteiger partial charge in [-0.1, -0.05) is 41.9 Å². The largest absolute Gasteiger partial charge is 0.493 e. The zero-order valence-corrected chi connectivity index (χ0v) is 16.3. The SMILES string of the molecule is Cc1nc(C)c(Cc2ccc(Cl)cc2)c(NC2CCOc3ccccc32)n1. The predicted octanol–water partition coefficient (Wildman–Crippen LogP) is 5.27. The molecule has 4 nitrogen and oxygen atoms in total. The zero-order valence-electron chi connectivity index (χ0n) is 15.5. The van der Waals surface area contributed by atoms with Crippen molar-refractivity contribution in [2.24, 2.45) is 0 Å². The van der Waals surface area contributed by atoms with Crippen LogP contribution in [0.15, 0.2) is 48.5 Å². The summed E-state index contributed by atoms with van der Waals surface area (Å²) >= 11 is 6.03. The highest BCUT2D eigenvalue weighted by molar-refractivity contribution is 6.30. The first kappa shape index (κ1) is 17.8. The number of aromatic nitrogens is 2. The van der Waals surface area contributed by atoms with Crippen molar-refractivity contribution in [3.05, 3.63) is 81.8 Å². The third-order valence-corrected chi connectivity index (χ3v) is 5.14. The standard InChI is InChI=1S/C22H22ClN3O/c1-14-19(13-16-7-9-17(23)10-8-16)22(25-15(2)24-14)26-20-11-12-27-21-6-4-3-5-18(20)21/h3-10,20H,11-13H2,1-2H3,(H,24,25,26). The molecule has 27 heavy (non-hydrogen) atoms. The maximum atomic E-state index is 6.03. The van der Waals surface area contributed by atoms with Crippen LogP contribution in [0.4, 0.5) is 5.82 Å². The van der Waals surface area contributed by atoms with Gasteiger partial charge in [0.1, 0.15) is 17.4 Å². The van der Waals surface area contributed by atoms with E-state index in [1.165, 1.54) is 11.1 Å². The van der Waals surface area contributed by atoms with Crippen molar-refractivity contribution in [1.82, 2.24) is 9.97 Å². The number of hydrogen-bond donors (Lipinski definition) is 1. The van der Waals surface area contributed by atoms with Crippen LogP contribution in [-0.2, 0) is 6.42 Å². The van der Waals surface area contributed by atoms with Gasteiger partial charge in [0, 0.05) is 34.7 Å². The number of nitrogens with zero attached hydrogens (tertiary/aromatic N) is 2. The van der Waals surface area contributed by atoms with Gasteiger partial charge in [0.2, 0.25) is 0 Å². The van der Waals surface area contributed by atoms with E-state index >= 15 is 0 Å². The van der Waals surface area contributed by atoms with E-state index in [1.807, 2.05) is 44.2 Å². The van der Waals surface area contributed by atoms with Crippen LogP contribution in [0.1, 0.15) is 40.7 Å². The molecule has 0 saturated heterocycles. The lowest BCUT2D eigenvalue weighted by Gasteiger charge is -2.28. The number of anilines is 1. The molecule has 1 aliphatic rings. The summed E-state index contributed by atoms with van der Waals surface area (Å²) in [6.07, 6.45) is 1.66. The number of ether oxygens (including phenoxy) is 1.